The Bertz CT molecular complexity index is 973. The maximum absolute atomic E-state index is 12.4. The summed E-state index contributed by atoms with van der Waals surface area (Å²) in [6.45, 7) is 7.47. The smallest absolute Gasteiger partial charge is 0.393 e. The van der Waals surface area contributed by atoms with Gasteiger partial charge in [-0.2, -0.15) is 0 Å². The maximum Gasteiger partial charge on any atom is 0.519 e. The molecule has 0 atom stereocenters. The molecule has 0 aliphatic heterocycles. The topological polar surface area (TPSA) is 122 Å². The molecule has 0 aliphatic carbocycles. The molecule has 0 spiro atoms. The van der Waals surface area contributed by atoms with Gasteiger partial charge in [-0.1, -0.05) is 50.9 Å². The Kier molecular flexibility index (Phi) is 8.40. The fourth-order valence-corrected chi connectivity index (χ4v) is 3.64. The average molecular weight is 485 g/mol. The number of benzene rings is 2. The number of hydrogen-bond donors (Lipinski definition) is 0. The van der Waals surface area contributed by atoms with Crippen LogP contribution < -0.4 is 9.47 Å². The first-order chi connectivity index (χ1) is 14.9. The van der Waals surface area contributed by atoms with Crippen LogP contribution in [0.2, 0.25) is 10.0 Å². The number of rotatable bonds is 8. The molecule has 0 aromatic heterocycles. The zero-order chi connectivity index (χ0) is 24.2. The second-order valence-corrected chi connectivity index (χ2v) is 8.67. The molecule has 0 unspecified atom stereocenters. The molecule has 0 saturated carbocycles. The molecule has 0 amide bonds. The summed E-state index contributed by atoms with van der Waals surface area (Å²) in [5, 5.41) is 22.5. The molecule has 0 N–H and O–H groups in total. The van der Waals surface area contributed by atoms with Gasteiger partial charge in [0.1, 0.15) is 0 Å². The summed E-state index contributed by atoms with van der Waals surface area (Å²) in [4.78, 5) is 33.9. The van der Waals surface area contributed by atoms with Crippen LogP contribution in [0.5, 0.6) is 11.5 Å². The fourth-order valence-electron chi connectivity index (χ4n) is 3.08. The molecule has 0 radical (unpaired) electrons. The first-order valence-electron chi connectivity index (χ1n) is 9.73. The van der Waals surface area contributed by atoms with Crippen LogP contribution in [0, 0.1) is 32.1 Å². The molecule has 2 aromatic rings. The highest BCUT2D eigenvalue weighted by molar-refractivity contribution is 6.33. The molecule has 32 heavy (non-hydrogen) atoms. The van der Waals surface area contributed by atoms with Gasteiger partial charge in [0.2, 0.25) is 0 Å². The zero-order valence-electron chi connectivity index (χ0n) is 17.9. The third-order valence-corrected chi connectivity index (χ3v) is 5.20. The first-order valence-corrected chi connectivity index (χ1v) is 10.5. The standard InChI is InChI=1S/C21H22Cl2N2O7/c1-11(2)9-13-15(24(27)28)5-7-17(19(13)22)31-21(26)32-18-8-6-16(25(29)30)14(20(18)23)10-12(3)4/h5-8,11-12H,9-10H2,1-4H3. The number of halogens is 2. The van der Waals surface area contributed by atoms with Crippen LogP contribution in [0.1, 0.15) is 38.8 Å². The molecule has 11 heteroatoms. The maximum atomic E-state index is 12.4. The van der Waals surface area contributed by atoms with E-state index < -0.39 is 16.0 Å². The molecular weight excluding hydrogens is 463 g/mol. The van der Waals surface area contributed by atoms with Crippen molar-refractivity contribution in [2.24, 2.45) is 11.8 Å². The van der Waals surface area contributed by atoms with E-state index in [0.29, 0.717) is 12.8 Å². The lowest BCUT2D eigenvalue weighted by Crippen LogP contribution is -2.15. The highest BCUT2D eigenvalue weighted by atomic mass is 35.5. The third-order valence-electron chi connectivity index (χ3n) is 4.37. The van der Waals surface area contributed by atoms with E-state index in [0.717, 1.165) is 0 Å². The van der Waals surface area contributed by atoms with E-state index in [1.807, 2.05) is 27.7 Å². The minimum Gasteiger partial charge on any atom is -0.393 e. The summed E-state index contributed by atoms with van der Waals surface area (Å²) in [5.41, 5.74) is 0.122. The van der Waals surface area contributed by atoms with E-state index in [9.17, 15) is 25.0 Å². The summed E-state index contributed by atoms with van der Waals surface area (Å²) in [6, 6.07) is 4.80. The molecule has 2 aromatic carbocycles. The second kappa shape index (κ2) is 10.6. The van der Waals surface area contributed by atoms with Crippen molar-refractivity contribution in [2.75, 3.05) is 0 Å². The van der Waals surface area contributed by atoms with Crippen molar-refractivity contribution in [1.29, 1.82) is 0 Å². The normalized spacial score (nSPS) is 11.0. The first kappa shape index (κ1) is 25.4. The van der Waals surface area contributed by atoms with Crippen molar-refractivity contribution in [2.45, 2.75) is 40.5 Å². The van der Waals surface area contributed by atoms with Gasteiger partial charge in [-0.25, -0.2) is 4.79 Å². The summed E-state index contributed by atoms with van der Waals surface area (Å²) in [5.74, 6) is -0.102. The third kappa shape index (κ3) is 6.08. The molecule has 0 heterocycles. The van der Waals surface area contributed by atoms with Crippen LogP contribution in [-0.2, 0) is 12.8 Å². The van der Waals surface area contributed by atoms with Gasteiger partial charge >= 0.3 is 6.16 Å². The van der Waals surface area contributed by atoms with Crippen molar-refractivity contribution in [3.63, 3.8) is 0 Å². The van der Waals surface area contributed by atoms with Gasteiger partial charge in [-0.15, -0.1) is 0 Å². The molecule has 9 nitrogen and oxygen atoms in total. The lowest BCUT2D eigenvalue weighted by Gasteiger charge is -2.14. The average Bonchev–Trinajstić information content (AvgIpc) is 2.67. The number of carbonyl (C=O) groups excluding carboxylic acids is 1. The summed E-state index contributed by atoms with van der Waals surface area (Å²) in [7, 11) is 0. The summed E-state index contributed by atoms with van der Waals surface area (Å²) >= 11 is 12.6. The Morgan fingerprint density at radius 1 is 0.812 bits per heavy atom. The van der Waals surface area contributed by atoms with Crippen LogP contribution in [0.4, 0.5) is 16.2 Å². The van der Waals surface area contributed by atoms with E-state index in [1.54, 1.807) is 0 Å². The van der Waals surface area contributed by atoms with E-state index in [1.165, 1.54) is 24.3 Å². The van der Waals surface area contributed by atoms with E-state index in [-0.39, 0.29) is 55.9 Å². The molecule has 0 bridgehead atoms. The Labute approximate surface area is 194 Å². The van der Waals surface area contributed by atoms with Gasteiger partial charge in [0, 0.05) is 12.1 Å². The predicted molar refractivity (Wildman–Crippen MR) is 120 cm³/mol. The monoisotopic (exact) mass is 484 g/mol. The van der Waals surface area contributed by atoms with E-state index in [4.69, 9.17) is 32.7 Å². The lowest BCUT2D eigenvalue weighted by atomic mass is 10.0. The van der Waals surface area contributed by atoms with Crippen molar-refractivity contribution < 1.29 is 24.1 Å². The molecule has 0 saturated heterocycles. The van der Waals surface area contributed by atoms with Crippen LogP contribution in [-0.4, -0.2) is 16.0 Å². The quantitative estimate of drug-likeness (QED) is 0.175. The fraction of sp³-hybridized carbons (Fsp3) is 0.381. The Balaban J connectivity index is 2.33. The van der Waals surface area contributed by atoms with Crippen LogP contribution in [0.15, 0.2) is 24.3 Å². The van der Waals surface area contributed by atoms with Crippen molar-refractivity contribution in [1.82, 2.24) is 0 Å². The Morgan fingerprint density at radius 2 is 1.16 bits per heavy atom. The summed E-state index contributed by atoms with van der Waals surface area (Å²) in [6.07, 6.45) is -0.593. The second-order valence-electron chi connectivity index (χ2n) is 7.92. The van der Waals surface area contributed by atoms with E-state index in [2.05, 4.69) is 0 Å². The van der Waals surface area contributed by atoms with Gasteiger partial charge in [-0.3, -0.25) is 20.2 Å². The molecule has 0 aliphatic rings. The molecule has 172 valence electrons. The number of nitro groups is 2. The number of nitro benzene ring substituents is 2. The van der Waals surface area contributed by atoms with Crippen LogP contribution in [0.3, 0.4) is 0 Å². The number of nitrogens with zero attached hydrogens (tertiary/aromatic N) is 2. The SMILES string of the molecule is CC(C)Cc1c([N+](=O)[O-])ccc(OC(=O)Oc2ccc([N+](=O)[O-])c(CC(C)C)c2Cl)c1Cl. The van der Waals surface area contributed by atoms with Crippen LogP contribution in [0.25, 0.3) is 0 Å². The predicted octanol–water partition coefficient (Wildman–Crippen LogP) is 6.78. The minimum atomic E-state index is -1.19. The van der Waals surface area contributed by atoms with E-state index >= 15 is 0 Å². The van der Waals surface area contributed by atoms with Gasteiger partial charge in [0.25, 0.3) is 11.4 Å². The largest absolute Gasteiger partial charge is 0.519 e. The molecular formula is C21H22Cl2N2O7. The number of carbonyl (C=O) groups is 1. The van der Waals surface area contributed by atoms with Gasteiger partial charge < -0.3 is 9.47 Å². The van der Waals surface area contributed by atoms with Crippen molar-refractivity contribution in [3.05, 3.63) is 65.7 Å². The highest BCUT2D eigenvalue weighted by Gasteiger charge is 2.25. The number of ether oxygens (including phenoxy) is 2. The summed E-state index contributed by atoms with van der Waals surface area (Å²) < 4.78 is 10.3. The van der Waals surface area contributed by atoms with Gasteiger partial charge in [0.05, 0.1) is 31.0 Å². The Hall–Kier alpha value is -2.91. The molecule has 0 fully saturated rings. The van der Waals surface area contributed by atoms with Crippen molar-refractivity contribution in [3.8, 4) is 11.5 Å². The highest BCUT2D eigenvalue weighted by Crippen LogP contribution is 2.38. The number of hydrogen-bond acceptors (Lipinski definition) is 7. The van der Waals surface area contributed by atoms with Gasteiger partial charge in [-0.05, 0) is 36.8 Å². The van der Waals surface area contributed by atoms with Gasteiger partial charge in [0.15, 0.2) is 11.5 Å². The van der Waals surface area contributed by atoms with Crippen molar-refractivity contribution >= 4 is 40.7 Å². The molecule has 2 rings (SSSR count). The minimum absolute atomic E-state index is 0.0618. The van der Waals surface area contributed by atoms with Crippen LogP contribution >= 0.6 is 23.2 Å². The lowest BCUT2D eigenvalue weighted by molar-refractivity contribution is -0.385. The zero-order valence-corrected chi connectivity index (χ0v) is 19.4. The Morgan fingerprint density at radius 3 is 1.44 bits per heavy atom.